The first-order chi connectivity index (χ1) is 8.19. The lowest BCUT2D eigenvalue weighted by atomic mass is 9.80. The zero-order chi connectivity index (χ0) is 11.9. The van der Waals surface area contributed by atoms with Gasteiger partial charge in [-0.25, -0.2) is 0 Å². The molecule has 17 heavy (non-hydrogen) atoms. The highest BCUT2D eigenvalue weighted by Crippen LogP contribution is 2.42. The van der Waals surface area contributed by atoms with Crippen molar-refractivity contribution in [2.24, 2.45) is 0 Å². The van der Waals surface area contributed by atoms with Gasteiger partial charge < -0.3 is 5.32 Å². The summed E-state index contributed by atoms with van der Waals surface area (Å²) in [5.74, 6) is 0. The summed E-state index contributed by atoms with van der Waals surface area (Å²) in [6.07, 6.45) is 7.18. The third-order valence-corrected chi connectivity index (χ3v) is 4.04. The number of nitro benzene ring substituents is 1. The van der Waals surface area contributed by atoms with Crippen LogP contribution in [-0.2, 0) is 6.42 Å². The van der Waals surface area contributed by atoms with E-state index in [1.807, 2.05) is 6.07 Å². The SMILES string of the molecule is O=[N+]([O-])c1ccc2c(c1)CC1(CCCCC1)N2. The topological polar surface area (TPSA) is 55.2 Å². The molecule has 1 saturated carbocycles. The summed E-state index contributed by atoms with van der Waals surface area (Å²) in [6, 6.07) is 5.18. The first-order valence-electron chi connectivity index (χ1n) is 6.24. The average Bonchev–Trinajstić information content (AvgIpc) is 2.66. The Morgan fingerprint density at radius 2 is 2.00 bits per heavy atom. The predicted molar refractivity (Wildman–Crippen MR) is 66.2 cm³/mol. The fourth-order valence-corrected chi connectivity index (χ4v) is 3.19. The monoisotopic (exact) mass is 232 g/mol. The van der Waals surface area contributed by atoms with E-state index in [0.29, 0.717) is 0 Å². The molecule has 0 unspecified atom stereocenters. The quantitative estimate of drug-likeness (QED) is 0.597. The van der Waals surface area contributed by atoms with Crippen LogP contribution in [0.4, 0.5) is 11.4 Å². The molecule has 1 N–H and O–H groups in total. The van der Waals surface area contributed by atoms with Crippen LogP contribution in [0.25, 0.3) is 0 Å². The molecule has 1 spiro atoms. The van der Waals surface area contributed by atoms with Crippen molar-refractivity contribution in [1.29, 1.82) is 0 Å². The minimum Gasteiger partial charge on any atom is -0.379 e. The highest BCUT2D eigenvalue weighted by molar-refractivity contribution is 5.62. The molecule has 1 aliphatic heterocycles. The van der Waals surface area contributed by atoms with Crippen molar-refractivity contribution in [3.63, 3.8) is 0 Å². The Hall–Kier alpha value is -1.58. The van der Waals surface area contributed by atoms with Gasteiger partial charge >= 0.3 is 0 Å². The zero-order valence-electron chi connectivity index (χ0n) is 9.74. The van der Waals surface area contributed by atoms with Gasteiger partial charge in [0.25, 0.3) is 5.69 Å². The summed E-state index contributed by atoms with van der Waals surface area (Å²) in [7, 11) is 0. The van der Waals surface area contributed by atoms with Gasteiger partial charge in [-0.1, -0.05) is 19.3 Å². The van der Waals surface area contributed by atoms with Crippen molar-refractivity contribution in [1.82, 2.24) is 0 Å². The van der Waals surface area contributed by atoms with Crippen LogP contribution in [0.1, 0.15) is 37.7 Å². The van der Waals surface area contributed by atoms with Crippen molar-refractivity contribution < 1.29 is 4.92 Å². The van der Waals surface area contributed by atoms with Gasteiger partial charge in [0.2, 0.25) is 0 Å². The fraction of sp³-hybridized carbons (Fsp3) is 0.538. The highest BCUT2D eigenvalue weighted by Gasteiger charge is 2.38. The van der Waals surface area contributed by atoms with E-state index in [4.69, 9.17) is 0 Å². The summed E-state index contributed by atoms with van der Waals surface area (Å²) in [6.45, 7) is 0. The minimum absolute atomic E-state index is 0.190. The van der Waals surface area contributed by atoms with Crippen LogP contribution < -0.4 is 5.32 Å². The molecular weight excluding hydrogens is 216 g/mol. The lowest BCUT2D eigenvalue weighted by Gasteiger charge is -2.34. The molecule has 0 amide bonds. The van der Waals surface area contributed by atoms with Gasteiger partial charge in [0.05, 0.1) is 4.92 Å². The molecule has 0 bridgehead atoms. The van der Waals surface area contributed by atoms with Gasteiger partial charge in [0, 0.05) is 23.4 Å². The number of nitrogens with zero attached hydrogens (tertiary/aromatic N) is 1. The summed E-state index contributed by atoms with van der Waals surface area (Å²) in [4.78, 5) is 10.4. The third-order valence-electron chi connectivity index (χ3n) is 4.04. The van der Waals surface area contributed by atoms with E-state index in [9.17, 15) is 10.1 Å². The van der Waals surface area contributed by atoms with Crippen molar-refractivity contribution in [2.45, 2.75) is 44.1 Å². The maximum absolute atomic E-state index is 10.8. The molecule has 1 fully saturated rings. The number of benzene rings is 1. The second-order valence-corrected chi connectivity index (χ2v) is 5.24. The van der Waals surface area contributed by atoms with Crippen LogP contribution in [0.5, 0.6) is 0 Å². The Balaban J connectivity index is 1.89. The molecule has 90 valence electrons. The lowest BCUT2D eigenvalue weighted by molar-refractivity contribution is -0.384. The summed E-state index contributed by atoms with van der Waals surface area (Å²) < 4.78 is 0. The summed E-state index contributed by atoms with van der Waals surface area (Å²) in [5, 5.41) is 14.3. The first-order valence-corrected chi connectivity index (χ1v) is 6.24. The summed E-state index contributed by atoms with van der Waals surface area (Å²) in [5.41, 5.74) is 2.60. The molecule has 0 atom stereocenters. The Kier molecular flexibility index (Phi) is 2.31. The molecule has 1 aromatic rings. The normalized spacial score (nSPS) is 20.9. The van der Waals surface area contributed by atoms with Gasteiger partial charge in [-0.2, -0.15) is 0 Å². The molecule has 4 heteroatoms. The molecule has 0 radical (unpaired) electrons. The largest absolute Gasteiger partial charge is 0.379 e. The number of nitro groups is 1. The number of fused-ring (bicyclic) bond motifs is 1. The molecule has 2 aliphatic rings. The lowest BCUT2D eigenvalue weighted by Crippen LogP contribution is -2.38. The zero-order valence-corrected chi connectivity index (χ0v) is 9.74. The fourth-order valence-electron chi connectivity index (χ4n) is 3.19. The van der Waals surface area contributed by atoms with Gasteiger partial charge in [-0.15, -0.1) is 0 Å². The van der Waals surface area contributed by atoms with E-state index in [1.54, 1.807) is 12.1 Å². The third kappa shape index (κ3) is 1.77. The molecule has 1 aromatic carbocycles. The average molecular weight is 232 g/mol. The van der Waals surface area contributed by atoms with Crippen LogP contribution in [0.3, 0.4) is 0 Å². The van der Waals surface area contributed by atoms with Crippen molar-refractivity contribution >= 4 is 11.4 Å². The van der Waals surface area contributed by atoms with E-state index in [2.05, 4.69) is 5.32 Å². The van der Waals surface area contributed by atoms with Crippen molar-refractivity contribution in [3.8, 4) is 0 Å². The van der Waals surface area contributed by atoms with E-state index in [1.165, 1.54) is 32.1 Å². The molecule has 3 rings (SSSR count). The number of nitrogens with one attached hydrogen (secondary N) is 1. The smallest absolute Gasteiger partial charge is 0.269 e. The number of hydrogen-bond donors (Lipinski definition) is 1. The van der Waals surface area contributed by atoms with Crippen LogP contribution >= 0.6 is 0 Å². The maximum atomic E-state index is 10.8. The molecular formula is C13H16N2O2. The van der Waals surface area contributed by atoms with Crippen molar-refractivity contribution in [3.05, 3.63) is 33.9 Å². The number of non-ortho nitro benzene ring substituents is 1. The van der Waals surface area contributed by atoms with Gasteiger partial charge in [0.1, 0.15) is 0 Å². The molecule has 0 saturated heterocycles. The standard InChI is InChI=1S/C13H16N2O2/c16-15(17)11-4-5-12-10(8-11)9-13(14-12)6-2-1-3-7-13/h4-5,8,14H,1-3,6-7,9H2. The molecule has 1 aliphatic carbocycles. The number of anilines is 1. The van der Waals surface area contributed by atoms with Gasteiger partial charge in [0.15, 0.2) is 0 Å². The first kappa shape index (κ1) is 10.6. The van der Waals surface area contributed by atoms with Crippen molar-refractivity contribution in [2.75, 3.05) is 5.32 Å². The maximum Gasteiger partial charge on any atom is 0.269 e. The highest BCUT2D eigenvalue weighted by atomic mass is 16.6. The number of hydrogen-bond acceptors (Lipinski definition) is 3. The second-order valence-electron chi connectivity index (χ2n) is 5.24. The van der Waals surface area contributed by atoms with Gasteiger partial charge in [-0.3, -0.25) is 10.1 Å². The predicted octanol–water partition coefficient (Wildman–Crippen LogP) is 3.27. The Labute approximate surface area is 100 Å². The minimum atomic E-state index is -0.313. The number of rotatable bonds is 1. The van der Waals surface area contributed by atoms with Crippen LogP contribution in [0, 0.1) is 10.1 Å². The van der Waals surface area contributed by atoms with E-state index >= 15 is 0 Å². The Morgan fingerprint density at radius 1 is 1.24 bits per heavy atom. The van der Waals surface area contributed by atoms with E-state index < -0.39 is 0 Å². The molecule has 4 nitrogen and oxygen atoms in total. The second kappa shape index (κ2) is 3.72. The Morgan fingerprint density at radius 3 is 2.71 bits per heavy atom. The van der Waals surface area contributed by atoms with Gasteiger partial charge in [-0.05, 0) is 30.9 Å². The molecule has 1 heterocycles. The van der Waals surface area contributed by atoms with Crippen LogP contribution in [0.2, 0.25) is 0 Å². The van der Waals surface area contributed by atoms with E-state index in [0.717, 1.165) is 17.7 Å². The summed E-state index contributed by atoms with van der Waals surface area (Å²) >= 11 is 0. The Bertz CT molecular complexity index is 464. The molecule has 0 aromatic heterocycles. The van der Waals surface area contributed by atoms with E-state index in [-0.39, 0.29) is 16.1 Å². The van der Waals surface area contributed by atoms with Crippen LogP contribution in [0.15, 0.2) is 18.2 Å². The van der Waals surface area contributed by atoms with Crippen LogP contribution in [-0.4, -0.2) is 10.5 Å².